The van der Waals surface area contributed by atoms with Gasteiger partial charge in [0.2, 0.25) is 0 Å². The summed E-state index contributed by atoms with van der Waals surface area (Å²) in [5, 5.41) is 0. The first-order valence-electron chi connectivity index (χ1n) is 28.9. The zero-order valence-electron chi connectivity index (χ0n) is 50.5. The first-order valence-corrected chi connectivity index (χ1v) is 28.9. The molecule has 16 nitrogen and oxygen atoms in total. The van der Waals surface area contributed by atoms with Crippen molar-refractivity contribution in [2.45, 2.75) is 47.1 Å². The highest BCUT2D eigenvalue weighted by molar-refractivity contribution is 5.90. The van der Waals surface area contributed by atoms with Crippen molar-refractivity contribution in [3.8, 4) is 103 Å². The Hall–Kier alpha value is -11.6. The van der Waals surface area contributed by atoms with Gasteiger partial charge in [0.15, 0.2) is 6.61 Å². The molecule has 10 aromatic rings. The maximum absolute atomic E-state index is 12.1. The van der Waals surface area contributed by atoms with E-state index in [1.54, 1.807) is 75.8 Å². The number of ether oxygens (including phenoxy) is 6. The molecule has 0 bridgehead atoms. The van der Waals surface area contributed by atoms with E-state index in [1.807, 2.05) is 178 Å². The van der Waals surface area contributed by atoms with Crippen molar-refractivity contribution >= 4 is 23.9 Å². The Balaban J connectivity index is 0.000000171. The summed E-state index contributed by atoms with van der Waals surface area (Å²) in [5.74, 6) is 4.51. The fourth-order valence-electron chi connectivity index (χ4n) is 8.40. The minimum atomic E-state index is -0.527. The molecule has 0 N–H and O–H groups in total. The minimum absolute atomic E-state index is 0.0617. The number of nitrogens with zero attached hydrogens (tertiary/aromatic N) is 6. The molecular weight excluding hydrogens is 1130 g/mol. The van der Waals surface area contributed by atoms with Crippen molar-refractivity contribution in [3.63, 3.8) is 0 Å². The van der Waals surface area contributed by atoms with Crippen molar-refractivity contribution in [1.29, 1.82) is 0 Å². The second-order valence-corrected chi connectivity index (χ2v) is 19.0. The number of carbonyl (C=O) groups excluding carboxylic acids is 4. The Morgan fingerprint density at radius 1 is 0.378 bits per heavy atom. The number of pyridine rings is 6. The molecule has 0 saturated carbocycles. The van der Waals surface area contributed by atoms with Crippen LogP contribution in [0.3, 0.4) is 0 Å². The molecule has 6 aromatic heterocycles. The Morgan fingerprint density at radius 3 is 1.11 bits per heavy atom. The van der Waals surface area contributed by atoms with Crippen LogP contribution < -0.4 is 9.47 Å². The van der Waals surface area contributed by atoms with E-state index in [9.17, 15) is 19.2 Å². The number of rotatable bonds is 19. The Bertz CT molecular complexity index is 3860. The Morgan fingerprint density at radius 2 is 0.744 bits per heavy atom. The highest BCUT2D eigenvalue weighted by Gasteiger charge is 2.16. The van der Waals surface area contributed by atoms with Crippen LogP contribution in [0.1, 0.15) is 83.0 Å². The number of hydrogen-bond donors (Lipinski definition) is 0. The van der Waals surface area contributed by atoms with Gasteiger partial charge in [0.1, 0.15) is 40.4 Å². The molecule has 0 spiro atoms. The summed E-state index contributed by atoms with van der Waals surface area (Å²) in [6.07, 6.45) is 17.4. The highest BCUT2D eigenvalue weighted by Crippen LogP contribution is 2.27. The van der Waals surface area contributed by atoms with E-state index in [4.69, 9.17) is 41.3 Å². The van der Waals surface area contributed by atoms with Gasteiger partial charge in [-0.15, -0.1) is 18.8 Å². The fourth-order valence-corrected chi connectivity index (χ4v) is 8.40. The van der Waals surface area contributed by atoms with Crippen LogP contribution in [0.5, 0.6) is 11.5 Å². The molecule has 0 amide bonds. The third kappa shape index (κ3) is 20.0. The predicted molar refractivity (Wildman–Crippen MR) is 347 cm³/mol. The van der Waals surface area contributed by atoms with Gasteiger partial charge in [0.25, 0.3) is 0 Å². The molecule has 6 heterocycles. The van der Waals surface area contributed by atoms with Crippen molar-refractivity contribution < 1.29 is 47.6 Å². The van der Waals surface area contributed by atoms with Crippen LogP contribution >= 0.6 is 0 Å². The number of hydrogen-bond acceptors (Lipinski definition) is 16. The molecule has 452 valence electrons. The summed E-state index contributed by atoms with van der Waals surface area (Å²) < 4.78 is 30.9. The van der Waals surface area contributed by atoms with Crippen molar-refractivity contribution in [1.82, 2.24) is 29.9 Å². The van der Waals surface area contributed by atoms with E-state index in [1.165, 1.54) is 0 Å². The second kappa shape index (κ2) is 35.1. The Labute approximate surface area is 524 Å². The fraction of sp³-hybridized carbons (Fsp3) is 0.162. The van der Waals surface area contributed by atoms with E-state index >= 15 is 0 Å². The summed E-state index contributed by atoms with van der Waals surface area (Å²) in [6, 6.07) is 60.1. The van der Waals surface area contributed by atoms with Crippen LogP contribution in [0.2, 0.25) is 0 Å². The molecule has 10 rings (SSSR count). The van der Waals surface area contributed by atoms with Crippen LogP contribution in [0.25, 0.3) is 67.3 Å². The zero-order chi connectivity index (χ0) is 63.9. The lowest BCUT2D eigenvalue weighted by molar-refractivity contribution is 0.0343. The maximum atomic E-state index is 12.1. The van der Waals surface area contributed by atoms with Gasteiger partial charge in [0.05, 0.1) is 49.2 Å². The number of aromatic nitrogens is 6. The molecule has 0 fully saturated rings. The number of terminal acetylenes is 2. The molecule has 0 aliphatic carbocycles. The van der Waals surface area contributed by atoms with Crippen LogP contribution in [0, 0.1) is 24.7 Å². The van der Waals surface area contributed by atoms with Crippen LogP contribution in [0.15, 0.2) is 219 Å². The molecule has 4 aromatic carbocycles. The topological polar surface area (TPSA) is 201 Å². The first kappa shape index (κ1) is 65.9. The number of esters is 4. The summed E-state index contributed by atoms with van der Waals surface area (Å²) in [4.78, 5) is 72.9. The quantitative estimate of drug-likeness (QED) is 0.0420. The molecule has 16 heteroatoms. The van der Waals surface area contributed by atoms with E-state index in [0.29, 0.717) is 55.6 Å². The lowest BCUT2D eigenvalue weighted by Crippen LogP contribution is -2.15. The van der Waals surface area contributed by atoms with Gasteiger partial charge in [0, 0.05) is 53.5 Å². The largest absolute Gasteiger partial charge is 0.494 e. The molecule has 1 atom stereocenters. The minimum Gasteiger partial charge on any atom is -0.494 e. The van der Waals surface area contributed by atoms with Gasteiger partial charge in [-0.25, -0.2) is 39.1 Å². The molecule has 1 unspecified atom stereocenters. The van der Waals surface area contributed by atoms with Gasteiger partial charge in [-0.2, -0.15) is 0 Å². The van der Waals surface area contributed by atoms with Crippen molar-refractivity contribution in [2.24, 2.45) is 0 Å². The van der Waals surface area contributed by atoms with Gasteiger partial charge in [-0.05, 0) is 172 Å². The second-order valence-electron chi connectivity index (χ2n) is 19.0. The third-order valence-corrected chi connectivity index (χ3v) is 12.7. The SMILES string of the molecule is C#CCC(C)OC(=O)c1cccc(-c2ccc(OCC)cc2)n1.C#CCOC(=O)c1cccc(-c2ccc(OCC)cc2)n1.CCOC(=O)c1cccc(-c2ccc(-c3cccnc3)cc2)n1.CCOC(=O)c1cccc(-c2ccc(-c3ccncc3)cc2)n1. The standard InChI is InChI=1S/2C19H16N2O2.C19H19NO3.C17H15NO3/c1-2-23-19(22)18-7-3-6-17(21-18)15-10-8-14(9-11-15)16-5-4-12-20-13-16;1-2-23-19(22)18-5-3-4-17(21-18)16-8-6-14(7-9-16)15-10-12-20-13-11-15;1-4-7-14(3)23-19(21)18-9-6-8-17(20-18)15-10-12-16(13-11-15)22-5-2;1-3-12-21-17(19)16-7-5-6-15(18-16)13-8-10-14(11-9-13)20-4-2/h2*3-13H,2H2,1H3;1,6,8-14H,5,7H2,2-3H3;1,5-11H,4,12H2,2H3. The van der Waals surface area contributed by atoms with Crippen molar-refractivity contribution in [2.75, 3.05) is 33.0 Å². The van der Waals surface area contributed by atoms with Gasteiger partial charge < -0.3 is 28.4 Å². The molecule has 0 aliphatic rings. The first-order chi connectivity index (χ1) is 43.9. The summed E-state index contributed by atoms with van der Waals surface area (Å²) in [6.45, 7) is 11.0. The normalized spacial score (nSPS) is 10.4. The van der Waals surface area contributed by atoms with Crippen LogP contribution in [0.4, 0.5) is 0 Å². The van der Waals surface area contributed by atoms with E-state index < -0.39 is 23.9 Å². The number of benzene rings is 4. The smallest absolute Gasteiger partial charge is 0.357 e. The average Bonchev–Trinajstić information content (AvgIpc) is 2.02. The van der Waals surface area contributed by atoms with Gasteiger partial charge in [-0.3, -0.25) is 9.97 Å². The lowest BCUT2D eigenvalue weighted by Gasteiger charge is -2.10. The summed E-state index contributed by atoms with van der Waals surface area (Å²) in [5.41, 5.74) is 12.1. The number of carbonyl (C=O) groups is 4. The molecule has 90 heavy (non-hydrogen) atoms. The molecular formula is C74H66N6O10. The van der Waals surface area contributed by atoms with Crippen LogP contribution in [-0.2, 0) is 18.9 Å². The monoisotopic (exact) mass is 1200 g/mol. The summed E-state index contributed by atoms with van der Waals surface area (Å²) in [7, 11) is 0. The molecule has 0 radical (unpaired) electrons. The van der Waals surface area contributed by atoms with E-state index in [2.05, 4.69) is 41.7 Å². The van der Waals surface area contributed by atoms with Gasteiger partial charge in [-0.1, -0.05) is 84.8 Å². The summed E-state index contributed by atoms with van der Waals surface area (Å²) >= 11 is 0. The molecule has 0 saturated heterocycles. The highest BCUT2D eigenvalue weighted by atomic mass is 16.5. The van der Waals surface area contributed by atoms with E-state index in [0.717, 1.165) is 67.4 Å². The lowest BCUT2D eigenvalue weighted by atomic mass is 10.0. The van der Waals surface area contributed by atoms with E-state index in [-0.39, 0.29) is 24.1 Å². The Kier molecular flexibility index (Phi) is 25.7. The predicted octanol–water partition coefficient (Wildman–Crippen LogP) is 14.6. The molecule has 0 aliphatic heterocycles. The zero-order valence-corrected chi connectivity index (χ0v) is 50.5. The van der Waals surface area contributed by atoms with Crippen molar-refractivity contribution in [3.05, 3.63) is 242 Å². The third-order valence-electron chi connectivity index (χ3n) is 12.7. The van der Waals surface area contributed by atoms with Crippen LogP contribution in [-0.4, -0.2) is 92.9 Å². The van der Waals surface area contributed by atoms with Gasteiger partial charge >= 0.3 is 23.9 Å². The maximum Gasteiger partial charge on any atom is 0.357 e. The average molecular weight is 1200 g/mol.